The van der Waals surface area contributed by atoms with Gasteiger partial charge in [0.2, 0.25) is 0 Å². The topological polar surface area (TPSA) is 49.8 Å². The van der Waals surface area contributed by atoms with Crippen LogP contribution in [0.3, 0.4) is 0 Å². The van der Waals surface area contributed by atoms with Gasteiger partial charge in [-0.2, -0.15) is 0 Å². The molecule has 4 fully saturated rings. The van der Waals surface area contributed by atoms with Crippen LogP contribution in [0.25, 0.3) is 0 Å². The maximum atomic E-state index is 13.3. The summed E-state index contributed by atoms with van der Waals surface area (Å²) in [4.78, 5) is 16.0. The molecule has 4 nitrogen and oxygen atoms in total. The lowest BCUT2D eigenvalue weighted by molar-refractivity contribution is -0.149. The minimum Gasteiger partial charge on any atom is -0.393 e. The Morgan fingerprint density at radius 1 is 1.16 bits per heavy atom. The van der Waals surface area contributed by atoms with Crippen LogP contribution in [0.15, 0.2) is 12.1 Å². The highest BCUT2D eigenvalue weighted by Gasteiger charge is 2.61. The summed E-state index contributed by atoms with van der Waals surface area (Å²) in [6, 6.07) is 5.39. The van der Waals surface area contributed by atoms with Crippen LogP contribution in [0.2, 0.25) is 0 Å². The molecule has 0 aromatic heterocycles. The van der Waals surface area contributed by atoms with Crippen LogP contribution in [0.4, 0.5) is 0 Å². The molecule has 3 aliphatic heterocycles. The lowest BCUT2D eigenvalue weighted by Crippen LogP contribution is -2.55. The smallest absolute Gasteiger partial charge is 0.148 e. The number of fused-ring (bicyclic) bond motifs is 9. The second-order valence-corrected chi connectivity index (χ2v) is 12.3. The van der Waals surface area contributed by atoms with Crippen LogP contribution < -0.4 is 0 Å². The third-order valence-electron chi connectivity index (χ3n) is 11.2. The van der Waals surface area contributed by atoms with Crippen LogP contribution in [-0.2, 0) is 21.7 Å². The molecule has 0 spiro atoms. The van der Waals surface area contributed by atoms with E-state index in [1.807, 2.05) is 7.11 Å². The average molecular weight is 436 g/mol. The normalized spacial score (nSPS) is 48.8. The van der Waals surface area contributed by atoms with Crippen LogP contribution in [0.1, 0.15) is 92.9 Å². The van der Waals surface area contributed by atoms with E-state index >= 15 is 0 Å². The zero-order valence-corrected chi connectivity index (χ0v) is 19.8. The van der Waals surface area contributed by atoms with Gasteiger partial charge in [-0.15, -0.1) is 0 Å². The number of carbonyl (C=O) groups is 1. The van der Waals surface area contributed by atoms with E-state index < -0.39 is 0 Å². The summed E-state index contributed by atoms with van der Waals surface area (Å²) in [6.45, 7) is 5.97. The molecule has 1 aromatic rings. The van der Waals surface area contributed by atoms with Crippen molar-refractivity contribution >= 4 is 5.78 Å². The van der Waals surface area contributed by atoms with Gasteiger partial charge in [-0.05, 0) is 90.7 Å². The molecular formula is C28H37NO3. The van der Waals surface area contributed by atoms with Crippen molar-refractivity contribution in [3.63, 3.8) is 0 Å². The standard InChI is InChI=1S/C28H37NO3/c1-15-18-5-6-19-20-12-25(31)23-10-17(30)8-9-27(23,2)22(20)11-21(19)26(18)28(32-3)13-16-4-7-24(15)29(28)14-16/h5-6,15-17,20,22-24,30H,4,7-14H2,1-3H3. The van der Waals surface area contributed by atoms with Crippen molar-refractivity contribution < 1.29 is 14.6 Å². The fourth-order valence-corrected chi connectivity index (χ4v) is 9.66. The van der Waals surface area contributed by atoms with Crippen molar-refractivity contribution in [3.05, 3.63) is 34.4 Å². The number of piperidine rings is 1. The summed E-state index contributed by atoms with van der Waals surface area (Å²) in [6.07, 6.45) is 7.67. The number of hydrogen-bond donors (Lipinski definition) is 1. The van der Waals surface area contributed by atoms with Gasteiger partial charge in [-0.1, -0.05) is 26.0 Å². The number of hydrogen-bond acceptors (Lipinski definition) is 4. The summed E-state index contributed by atoms with van der Waals surface area (Å²) in [7, 11) is 1.93. The maximum absolute atomic E-state index is 13.3. The fraction of sp³-hybridized carbons (Fsp3) is 0.750. The first-order valence-electron chi connectivity index (χ1n) is 13.1. The van der Waals surface area contributed by atoms with E-state index in [4.69, 9.17) is 4.74 Å². The van der Waals surface area contributed by atoms with Gasteiger partial charge in [-0.3, -0.25) is 9.69 Å². The molecule has 3 heterocycles. The van der Waals surface area contributed by atoms with Gasteiger partial charge in [0, 0.05) is 37.6 Å². The number of methoxy groups -OCH3 is 1. The molecule has 7 rings (SSSR count). The Morgan fingerprint density at radius 2 is 1.97 bits per heavy atom. The van der Waals surface area contributed by atoms with E-state index in [2.05, 4.69) is 30.9 Å². The summed E-state index contributed by atoms with van der Waals surface area (Å²) >= 11 is 0. The molecule has 1 N–H and O–H groups in total. The second kappa shape index (κ2) is 6.46. The Hall–Kier alpha value is -1.23. The van der Waals surface area contributed by atoms with Crippen molar-refractivity contribution in [1.29, 1.82) is 0 Å². The lowest BCUT2D eigenvalue weighted by atomic mass is 9.52. The van der Waals surface area contributed by atoms with Crippen LogP contribution in [-0.4, -0.2) is 41.6 Å². The molecule has 9 atom stereocenters. The van der Waals surface area contributed by atoms with Gasteiger partial charge in [0.15, 0.2) is 0 Å². The molecule has 1 aromatic carbocycles. The van der Waals surface area contributed by atoms with E-state index in [-0.39, 0.29) is 23.2 Å². The van der Waals surface area contributed by atoms with Gasteiger partial charge in [0.05, 0.1) is 6.10 Å². The highest BCUT2D eigenvalue weighted by molar-refractivity contribution is 5.84. The van der Waals surface area contributed by atoms with Gasteiger partial charge in [0.25, 0.3) is 0 Å². The largest absolute Gasteiger partial charge is 0.393 e. The molecule has 172 valence electrons. The molecule has 4 heteroatoms. The Labute approximate surface area is 191 Å². The summed E-state index contributed by atoms with van der Waals surface area (Å²) in [5.74, 6) is 2.57. The molecule has 3 aliphatic carbocycles. The first-order chi connectivity index (χ1) is 15.4. The first-order valence-corrected chi connectivity index (χ1v) is 13.1. The zero-order chi connectivity index (χ0) is 22.0. The zero-order valence-electron chi connectivity index (χ0n) is 19.8. The molecule has 2 saturated carbocycles. The molecule has 2 bridgehead atoms. The van der Waals surface area contributed by atoms with Crippen LogP contribution >= 0.6 is 0 Å². The summed E-state index contributed by atoms with van der Waals surface area (Å²) in [5, 5.41) is 10.3. The number of Topliss-reactive ketones (excluding diaryl/α,β-unsaturated/α-hetero) is 1. The molecule has 2 saturated heterocycles. The molecule has 6 aliphatic rings. The van der Waals surface area contributed by atoms with Crippen molar-refractivity contribution in [3.8, 4) is 0 Å². The first kappa shape index (κ1) is 20.2. The predicted octanol–water partition coefficient (Wildman–Crippen LogP) is 4.48. The minimum atomic E-state index is -0.301. The Morgan fingerprint density at radius 3 is 2.78 bits per heavy atom. The monoisotopic (exact) mass is 435 g/mol. The Balaban J connectivity index is 1.39. The van der Waals surface area contributed by atoms with E-state index in [9.17, 15) is 9.90 Å². The minimum absolute atomic E-state index is 0.0139. The van der Waals surface area contributed by atoms with Crippen molar-refractivity contribution in [2.45, 2.75) is 94.9 Å². The van der Waals surface area contributed by atoms with Crippen molar-refractivity contribution in [2.24, 2.45) is 23.2 Å². The van der Waals surface area contributed by atoms with Crippen LogP contribution in [0.5, 0.6) is 0 Å². The molecule has 32 heavy (non-hydrogen) atoms. The molecular weight excluding hydrogens is 398 g/mol. The van der Waals surface area contributed by atoms with Gasteiger partial charge >= 0.3 is 0 Å². The van der Waals surface area contributed by atoms with Crippen LogP contribution in [0, 0.1) is 23.2 Å². The lowest BCUT2D eigenvalue weighted by Gasteiger charge is -2.52. The second-order valence-electron chi connectivity index (χ2n) is 12.3. The number of aliphatic hydroxyl groups excluding tert-OH is 1. The van der Waals surface area contributed by atoms with Gasteiger partial charge in [-0.25, -0.2) is 0 Å². The number of rotatable bonds is 1. The maximum Gasteiger partial charge on any atom is 0.148 e. The predicted molar refractivity (Wildman–Crippen MR) is 122 cm³/mol. The van der Waals surface area contributed by atoms with Crippen molar-refractivity contribution in [1.82, 2.24) is 4.90 Å². The van der Waals surface area contributed by atoms with Gasteiger partial charge < -0.3 is 9.84 Å². The fourth-order valence-electron chi connectivity index (χ4n) is 9.66. The number of ketones is 1. The third kappa shape index (κ3) is 2.27. The van der Waals surface area contributed by atoms with E-state index in [0.717, 1.165) is 31.6 Å². The third-order valence-corrected chi connectivity index (χ3v) is 11.2. The summed E-state index contributed by atoms with van der Waals surface area (Å²) in [5.41, 5.74) is 5.72. The van der Waals surface area contributed by atoms with Gasteiger partial charge in [0.1, 0.15) is 11.5 Å². The summed E-state index contributed by atoms with van der Waals surface area (Å²) < 4.78 is 6.53. The van der Waals surface area contributed by atoms with Crippen molar-refractivity contribution in [2.75, 3.05) is 13.7 Å². The number of nitrogens with zero attached hydrogens (tertiary/aromatic N) is 1. The average Bonchev–Trinajstić information content (AvgIpc) is 3.32. The number of ether oxygens (including phenoxy) is 1. The van der Waals surface area contributed by atoms with E-state index in [0.29, 0.717) is 42.4 Å². The number of aliphatic hydroxyl groups is 1. The molecule has 9 unspecified atom stereocenters. The molecule has 0 radical (unpaired) electrons. The number of carbonyl (C=O) groups excluding carboxylic acids is 1. The molecule has 0 amide bonds. The number of benzene rings is 1. The highest BCUT2D eigenvalue weighted by atomic mass is 16.5. The SMILES string of the molecule is COC12CC3CCC(C(C)c4ccc5c(c41)CC1C5CC(=O)C4CC(O)CCC41C)N2C3. The van der Waals surface area contributed by atoms with E-state index in [1.165, 1.54) is 41.6 Å². The Bertz CT molecular complexity index is 1000. The highest BCUT2D eigenvalue weighted by Crippen LogP contribution is 2.64. The quantitative estimate of drug-likeness (QED) is 0.706. The van der Waals surface area contributed by atoms with E-state index in [1.54, 1.807) is 0 Å². The Kier molecular flexibility index (Phi) is 4.07.